The van der Waals surface area contributed by atoms with E-state index < -0.39 is 6.04 Å². The Balaban J connectivity index is 1.46. The lowest BCUT2D eigenvalue weighted by Crippen LogP contribution is -2.47. The van der Waals surface area contributed by atoms with Crippen molar-refractivity contribution in [3.63, 3.8) is 0 Å². The molecule has 7 heteroatoms. The number of nitrogens with one attached hydrogen (secondary N) is 1. The molecule has 3 heterocycles. The topological polar surface area (TPSA) is 77.2 Å². The van der Waals surface area contributed by atoms with Crippen molar-refractivity contribution in [1.29, 1.82) is 0 Å². The monoisotopic (exact) mass is 365 g/mol. The van der Waals surface area contributed by atoms with Crippen LogP contribution >= 0.6 is 22.7 Å². The second kappa shape index (κ2) is 8.20. The first-order chi connectivity index (χ1) is 11.6. The van der Waals surface area contributed by atoms with Crippen molar-refractivity contribution in [2.75, 3.05) is 19.8 Å². The van der Waals surface area contributed by atoms with Crippen LogP contribution in [0.25, 0.3) is 10.6 Å². The number of thiophene rings is 1. The molecule has 130 valence electrons. The number of ether oxygens (including phenoxy) is 1. The van der Waals surface area contributed by atoms with Crippen molar-refractivity contribution in [2.24, 2.45) is 11.7 Å². The Hall–Kier alpha value is -1.28. The molecule has 1 saturated heterocycles. The lowest BCUT2D eigenvalue weighted by Gasteiger charge is -2.26. The number of carbonyl (C=O) groups excluding carboxylic acids is 1. The highest BCUT2D eigenvalue weighted by Gasteiger charge is 2.26. The van der Waals surface area contributed by atoms with Gasteiger partial charge in [-0.1, -0.05) is 0 Å². The van der Waals surface area contributed by atoms with Gasteiger partial charge in [-0.05, 0) is 44.2 Å². The highest BCUT2D eigenvalue weighted by molar-refractivity contribution is 7.16. The number of aryl methyl sites for hydroxylation is 1. The normalized spacial score (nSPS) is 16.9. The van der Waals surface area contributed by atoms with Crippen LogP contribution in [0.15, 0.2) is 17.5 Å². The van der Waals surface area contributed by atoms with Crippen LogP contribution in [0.4, 0.5) is 0 Å². The van der Waals surface area contributed by atoms with Gasteiger partial charge in [-0.25, -0.2) is 4.98 Å². The number of nitrogens with zero attached hydrogens (tertiary/aromatic N) is 1. The second-order valence-corrected chi connectivity index (χ2v) is 8.26. The Bertz CT molecular complexity index is 677. The molecule has 24 heavy (non-hydrogen) atoms. The van der Waals surface area contributed by atoms with E-state index in [2.05, 4.69) is 27.8 Å². The summed E-state index contributed by atoms with van der Waals surface area (Å²) >= 11 is 3.40. The van der Waals surface area contributed by atoms with Gasteiger partial charge in [-0.3, -0.25) is 4.79 Å². The summed E-state index contributed by atoms with van der Waals surface area (Å²) in [6.45, 7) is 4.05. The lowest BCUT2D eigenvalue weighted by atomic mass is 9.92. The fourth-order valence-electron chi connectivity index (χ4n) is 2.84. The number of amides is 1. The van der Waals surface area contributed by atoms with Gasteiger partial charge in [0.15, 0.2) is 0 Å². The third-order valence-electron chi connectivity index (χ3n) is 4.28. The van der Waals surface area contributed by atoms with Gasteiger partial charge in [-0.15, -0.1) is 22.7 Å². The molecule has 3 N–H and O–H groups in total. The number of thiazole rings is 1. The Kier molecular flexibility index (Phi) is 5.99. The van der Waals surface area contributed by atoms with Gasteiger partial charge < -0.3 is 15.8 Å². The molecule has 0 saturated carbocycles. The van der Waals surface area contributed by atoms with E-state index in [-0.39, 0.29) is 11.8 Å². The average molecular weight is 366 g/mol. The second-order valence-electron chi connectivity index (χ2n) is 6.03. The van der Waals surface area contributed by atoms with E-state index >= 15 is 0 Å². The molecule has 1 aliphatic rings. The Morgan fingerprint density at radius 1 is 1.46 bits per heavy atom. The Morgan fingerprint density at radius 3 is 2.96 bits per heavy atom. The summed E-state index contributed by atoms with van der Waals surface area (Å²) in [6.07, 6.45) is 2.56. The quantitative estimate of drug-likeness (QED) is 0.825. The number of carbonyl (C=O) groups is 1. The summed E-state index contributed by atoms with van der Waals surface area (Å²) < 4.78 is 5.32. The minimum absolute atomic E-state index is 0.0474. The fraction of sp³-hybridized carbons (Fsp3) is 0.529. The molecule has 0 aliphatic carbocycles. The van der Waals surface area contributed by atoms with Crippen molar-refractivity contribution in [2.45, 2.75) is 32.2 Å². The maximum atomic E-state index is 12.2. The number of aromatic nitrogens is 1. The smallest absolute Gasteiger partial charge is 0.237 e. The number of rotatable bonds is 6. The van der Waals surface area contributed by atoms with Crippen LogP contribution in [0.2, 0.25) is 0 Å². The van der Waals surface area contributed by atoms with Gasteiger partial charge in [0.2, 0.25) is 5.91 Å². The molecule has 1 fully saturated rings. The number of hydrogen-bond donors (Lipinski definition) is 2. The van der Waals surface area contributed by atoms with Gasteiger partial charge in [0.05, 0.1) is 21.6 Å². The van der Waals surface area contributed by atoms with Gasteiger partial charge in [0.25, 0.3) is 0 Å². The van der Waals surface area contributed by atoms with E-state index in [0.29, 0.717) is 19.8 Å². The largest absolute Gasteiger partial charge is 0.381 e. The van der Waals surface area contributed by atoms with Crippen molar-refractivity contribution < 1.29 is 9.53 Å². The zero-order chi connectivity index (χ0) is 16.9. The maximum absolute atomic E-state index is 12.2. The van der Waals surface area contributed by atoms with E-state index in [1.54, 1.807) is 22.7 Å². The molecule has 0 spiro atoms. The molecular weight excluding hydrogens is 342 g/mol. The maximum Gasteiger partial charge on any atom is 0.237 e. The van der Waals surface area contributed by atoms with E-state index in [1.165, 1.54) is 9.75 Å². The molecule has 2 aromatic rings. The third kappa shape index (κ3) is 4.42. The number of nitrogens with two attached hydrogens (primary N) is 1. The summed E-state index contributed by atoms with van der Waals surface area (Å²) in [5.74, 6) is 0.189. The zero-order valence-electron chi connectivity index (χ0n) is 13.8. The molecule has 5 nitrogen and oxygen atoms in total. The van der Waals surface area contributed by atoms with Gasteiger partial charge >= 0.3 is 0 Å². The molecule has 0 aromatic carbocycles. The van der Waals surface area contributed by atoms with Gasteiger partial charge in [-0.2, -0.15) is 0 Å². The summed E-state index contributed by atoms with van der Waals surface area (Å²) in [5.41, 5.74) is 7.12. The molecule has 0 bridgehead atoms. The minimum atomic E-state index is -0.425. The minimum Gasteiger partial charge on any atom is -0.381 e. The van der Waals surface area contributed by atoms with Crippen LogP contribution in [0.5, 0.6) is 0 Å². The van der Waals surface area contributed by atoms with E-state index in [9.17, 15) is 4.79 Å². The van der Waals surface area contributed by atoms with E-state index in [4.69, 9.17) is 10.5 Å². The molecule has 1 atom stereocenters. The molecule has 0 radical (unpaired) electrons. The standard InChI is InChI=1S/C17H23N3O2S2/c1-11-20-14(10-23-11)15-3-2-13(24-15)4-7-19-17(21)16(18)12-5-8-22-9-6-12/h2-3,10,12,16H,4-9,18H2,1H3,(H,19,21). The van der Waals surface area contributed by atoms with Crippen molar-refractivity contribution in [1.82, 2.24) is 10.3 Å². The predicted molar refractivity (Wildman–Crippen MR) is 98.4 cm³/mol. The van der Waals surface area contributed by atoms with Crippen LogP contribution in [0, 0.1) is 12.8 Å². The lowest BCUT2D eigenvalue weighted by molar-refractivity contribution is -0.124. The van der Waals surface area contributed by atoms with Gasteiger partial charge in [0, 0.05) is 30.0 Å². The van der Waals surface area contributed by atoms with E-state index in [0.717, 1.165) is 30.0 Å². The highest BCUT2D eigenvalue weighted by atomic mass is 32.1. The average Bonchev–Trinajstić information content (AvgIpc) is 3.24. The molecule has 1 aliphatic heterocycles. The van der Waals surface area contributed by atoms with Crippen LogP contribution in [0.1, 0.15) is 22.7 Å². The molecular formula is C17H23N3O2S2. The first kappa shape index (κ1) is 17.5. The summed E-state index contributed by atoms with van der Waals surface area (Å²) in [4.78, 5) is 19.1. The molecule has 2 aromatic heterocycles. The van der Waals surface area contributed by atoms with Crippen LogP contribution in [0.3, 0.4) is 0 Å². The third-order valence-corrected chi connectivity index (χ3v) is 6.22. The zero-order valence-corrected chi connectivity index (χ0v) is 15.4. The Morgan fingerprint density at radius 2 is 2.25 bits per heavy atom. The summed E-state index contributed by atoms with van der Waals surface area (Å²) in [7, 11) is 0. The van der Waals surface area contributed by atoms with E-state index in [1.807, 2.05) is 6.92 Å². The molecule has 3 rings (SSSR count). The predicted octanol–water partition coefficient (Wildman–Crippen LogP) is 2.59. The van der Waals surface area contributed by atoms with Crippen LogP contribution in [-0.4, -0.2) is 36.7 Å². The first-order valence-corrected chi connectivity index (χ1v) is 9.95. The van der Waals surface area contributed by atoms with Crippen LogP contribution < -0.4 is 11.1 Å². The van der Waals surface area contributed by atoms with Gasteiger partial charge in [0.1, 0.15) is 0 Å². The van der Waals surface area contributed by atoms with Crippen molar-refractivity contribution >= 4 is 28.6 Å². The fourth-order valence-corrected chi connectivity index (χ4v) is 4.50. The number of hydrogen-bond acceptors (Lipinski definition) is 6. The Labute approximate surface area is 150 Å². The molecule has 1 unspecified atom stereocenters. The summed E-state index contributed by atoms with van der Waals surface area (Å²) in [5, 5.41) is 6.13. The van der Waals surface area contributed by atoms with Crippen molar-refractivity contribution in [3.8, 4) is 10.6 Å². The first-order valence-electron chi connectivity index (χ1n) is 8.26. The highest BCUT2D eigenvalue weighted by Crippen LogP contribution is 2.29. The van der Waals surface area contributed by atoms with Crippen LogP contribution in [-0.2, 0) is 16.0 Å². The van der Waals surface area contributed by atoms with Crippen molar-refractivity contribution in [3.05, 3.63) is 27.4 Å². The summed E-state index contributed by atoms with van der Waals surface area (Å²) in [6, 6.07) is 3.79. The molecule has 1 amide bonds. The SMILES string of the molecule is Cc1nc(-c2ccc(CCNC(=O)C(N)C3CCOCC3)s2)cs1.